The van der Waals surface area contributed by atoms with Crippen LogP contribution in [0, 0.1) is 6.92 Å². The Kier molecular flexibility index (Phi) is 3.73. The quantitative estimate of drug-likeness (QED) is 0.631. The second-order valence-electron chi connectivity index (χ2n) is 5.71. The fourth-order valence-electron chi connectivity index (χ4n) is 2.91. The minimum absolute atomic E-state index is 0.0554. The Hall–Kier alpha value is -2.80. The van der Waals surface area contributed by atoms with E-state index in [1.807, 2.05) is 43.3 Å². The predicted octanol–water partition coefficient (Wildman–Crippen LogP) is 3.54. The van der Waals surface area contributed by atoms with Crippen LogP contribution in [0.5, 0.6) is 0 Å². The number of Topliss-reactive ketones (excluding diaryl/α,β-unsaturated/α-hetero) is 1. The van der Waals surface area contributed by atoms with Crippen molar-refractivity contribution in [2.24, 2.45) is 0 Å². The molecule has 1 aliphatic rings. The third-order valence-corrected chi connectivity index (χ3v) is 4.46. The molecule has 0 N–H and O–H groups in total. The first-order chi connectivity index (χ1) is 12.0. The van der Waals surface area contributed by atoms with E-state index in [0.717, 1.165) is 15.6 Å². The third kappa shape index (κ3) is 2.66. The van der Waals surface area contributed by atoms with Crippen molar-refractivity contribution in [3.05, 3.63) is 64.0 Å². The number of anilines is 1. The molecular weight excluding hydrogens is 386 g/mol. The summed E-state index contributed by atoms with van der Waals surface area (Å²) in [5, 5.41) is 8.02. The molecule has 7 heteroatoms. The maximum absolute atomic E-state index is 12.4. The van der Waals surface area contributed by atoms with Crippen molar-refractivity contribution in [2.75, 3.05) is 4.90 Å². The predicted molar refractivity (Wildman–Crippen MR) is 94.1 cm³/mol. The molecule has 6 nitrogen and oxygen atoms in total. The first-order valence-electron chi connectivity index (χ1n) is 7.59. The minimum atomic E-state index is -0.587. The zero-order valence-corrected chi connectivity index (χ0v) is 14.8. The van der Waals surface area contributed by atoms with Gasteiger partial charge in [0.2, 0.25) is 11.8 Å². The number of carbonyl (C=O) groups excluding carboxylic acids is 2. The molecule has 0 radical (unpaired) electrons. The maximum Gasteiger partial charge on any atom is 0.299 e. The molecular formula is C18H12BrN3O3. The number of fused-ring (bicyclic) bond motifs is 1. The van der Waals surface area contributed by atoms with E-state index in [9.17, 15) is 9.59 Å². The molecule has 0 bridgehead atoms. The van der Waals surface area contributed by atoms with Gasteiger partial charge in [-0.15, -0.1) is 10.2 Å². The normalized spacial score (nSPS) is 13.4. The fourth-order valence-corrected chi connectivity index (χ4v) is 3.48. The topological polar surface area (TPSA) is 76.3 Å². The van der Waals surface area contributed by atoms with Crippen molar-refractivity contribution in [1.29, 1.82) is 0 Å². The monoisotopic (exact) mass is 397 g/mol. The number of amides is 1. The molecule has 2 heterocycles. The number of ketones is 1. The number of halogens is 1. The summed E-state index contributed by atoms with van der Waals surface area (Å²) in [6.07, 6.45) is 0. The Bertz CT molecular complexity index is 998. The van der Waals surface area contributed by atoms with Gasteiger partial charge >= 0.3 is 0 Å². The van der Waals surface area contributed by atoms with Crippen molar-refractivity contribution >= 4 is 33.3 Å². The standard InChI is InChI=1S/C18H12BrN3O3/c1-10-7-12(19)8-13-15(10)22(18(24)16(13)23)9-14-20-21-17(25-14)11-5-3-2-4-6-11/h2-8H,9H2,1H3. The molecule has 0 aliphatic carbocycles. The molecule has 1 amide bonds. The number of aromatic nitrogens is 2. The van der Waals surface area contributed by atoms with Gasteiger partial charge in [-0.3, -0.25) is 14.5 Å². The number of aryl methyl sites for hydroxylation is 1. The van der Waals surface area contributed by atoms with E-state index in [2.05, 4.69) is 26.1 Å². The van der Waals surface area contributed by atoms with Crippen LogP contribution in [-0.2, 0) is 11.3 Å². The lowest BCUT2D eigenvalue weighted by molar-refractivity contribution is -0.114. The highest BCUT2D eigenvalue weighted by Crippen LogP contribution is 2.36. The van der Waals surface area contributed by atoms with Crippen LogP contribution in [0.2, 0.25) is 0 Å². The second kappa shape index (κ2) is 5.93. The highest BCUT2D eigenvalue weighted by atomic mass is 79.9. The lowest BCUT2D eigenvalue weighted by Crippen LogP contribution is -2.29. The van der Waals surface area contributed by atoms with Crippen molar-refractivity contribution < 1.29 is 14.0 Å². The Morgan fingerprint density at radius 2 is 1.88 bits per heavy atom. The molecule has 0 fully saturated rings. The zero-order chi connectivity index (χ0) is 17.6. The second-order valence-corrected chi connectivity index (χ2v) is 6.62. The van der Waals surface area contributed by atoms with Gasteiger partial charge < -0.3 is 4.42 Å². The molecule has 0 saturated heterocycles. The first kappa shape index (κ1) is 15.7. The maximum atomic E-state index is 12.4. The SMILES string of the molecule is Cc1cc(Br)cc2c1N(Cc1nnc(-c3ccccc3)o1)C(=O)C2=O. The summed E-state index contributed by atoms with van der Waals surface area (Å²) < 4.78 is 6.42. The van der Waals surface area contributed by atoms with Gasteiger partial charge in [-0.2, -0.15) is 0 Å². The molecule has 2 aromatic carbocycles. The number of nitrogens with zero attached hydrogens (tertiary/aromatic N) is 3. The van der Waals surface area contributed by atoms with Crippen molar-refractivity contribution in [3.63, 3.8) is 0 Å². The summed E-state index contributed by atoms with van der Waals surface area (Å²) in [5.41, 5.74) is 2.61. The van der Waals surface area contributed by atoms with Crippen LogP contribution in [0.3, 0.4) is 0 Å². The van der Waals surface area contributed by atoms with Crippen LogP contribution in [-0.4, -0.2) is 21.9 Å². The van der Waals surface area contributed by atoms with Crippen molar-refractivity contribution in [2.45, 2.75) is 13.5 Å². The number of benzene rings is 2. The summed E-state index contributed by atoms with van der Waals surface area (Å²) in [4.78, 5) is 26.0. The van der Waals surface area contributed by atoms with E-state index >= 15 is 0 Å². The highest BCUT2D eigenvalue weighted by molar-refractivity contribution is 9.10. The fraction of sp³-hybridized carbons (Fsp3) is 0.111. The van der Waals surface area contributed by atoms with Gasteiger partial charge in [0.05, 0.1) is 11.3 Å². The van der Waals surface area contributed by atoms with Gasteiger partial charge in [0.15, 0.2) is 0 Å². The first-order valence-corrected chi connectivity index (χ1v) is 8.38. The molecule has 0 unspecified atom stereocenters. The summed E-state index contributed by atoms with van der Waals surface area (Å²) >= 11 is 3.36. The minimum Gasteiger partial charge on any atom is -0.419 e. The molecule has 4 rings (SSSR count). The molecule has 0 atom stereocenters. The van der Waals surface area contributed by atoms with E-state index in [1.165, 1.54) is 4.90 Å². The average molecular weight is 398 g/mol. The highest BCUT2D eigenvalue weighted by Gasteiger charge is 2.38. The summed E-state index contributed by atoms with van der Waals surface area (Å²) in [7, 11) is 0. The Balaban J connectivity index is 1.68. The smallest absolute Gasteiger partial charge is 0.299 e. The molecule has 124 valence electrons. The third-order valence-electron chi connectivity index (χ3n) is 4.00. The van der Waals surface area contributed by atoms with E-state index in [-0.39, 0.29) is 12.4 Å². The Morgan fingerprint density at radius 1 is 1.12 bits per heavy atom. The molecule has 1 aliphatic heterocycles. The number of hydrogen-bond donors (Lipinski definition) is 0. The van der Waals surface area contributed by atoms with Crippen LogP contribution in [0.15, 0.2) is 51.4 Å². The van der Waals surface area contributed by atoms with Crippen LogP contribution in [0.25, 0.3) is 11.5 Å². The lowest BCUT2D eigenvalue weighted by Gasteiger charge is -2.16. The number of carbonyl (C=O) groups is 2. The largest absolute Gasteiger partial charge is 0.419 e. The van der Waals surface area contributed by atoms with E-state index in [0.29, 0.717) is 17.1 Å². The lowest BCUT2D eigenvalue weighted by atomic mass is 10.1. The van der Waals surface area contributed by atoms with Crippen LogP contribution in [0.1, 0.15) is 21.8 Å². The molecule has 0 saturated carbocycles. The van der Waals surface area contributed by atoms with E-state index in [1.54, 1.807) is 6.07 Å². The summed E-state index contributed by atoms with van der Waals surface area (Å²) in [5.74, 6) is -0.464. The Morgan fingerprint density at radius 3 is 2.64 bits per heavy atom. The van der Waals surface area contributed by atoms with Gasteiger partial charge in [-0.1, -0.05) is 34.1 Å². The van der Waals surface area contributed by atoms with Gasteiger partial charge in [0.1, 0.15) is 6.54 Å². The van der Waals surface area contributed by atoms with E-state index in [4.69, 9.17) is 4.42 Å². The van der Waals surface area contributed by atoms with Gasteiger partial charge in [-0.25, -0.2) is 0 Å². The van der Waals surface area contributed by atoms with Gasteiger partial charge in [0.25, 0.3) is 11.7 Å². The van der Waals surface area contributed by atoms with Crippen LogP contribution >= 0.6 is 15.9 Å². The van der Waals surface area contributed by atoms with Crippen LogP contribution in [0.4, 0.5) is 5.69 Å². The van der Waals surface area contributed by atoms with Crippen molar-refractivity contribution in [3.8, 4) is 11.5 Å². The summed E-state index contributed by atoms with van der Waals surface area (Å²) in [6, 6.07) is 12.9. The zero-order valence-electron chi connectivity index (χ0n) is 13.2. The van der Waals surface area contributed by atoms with Crippen molar-refractivity contribution in [1.82, 2.24) is 10.2 Å². The Labute approximate surface area is 151 Å². The average Bonchev–Trinajstić information content (AvgIpc) is 3.16. The molecule has 25 heavy (non-hydrogen) atoms. The molecule has 3 aromatic rings. The summed E-state index contributed by atoms with van der Waals surface area (Å²) in [6.45, 7) is 1.91. The van der Waals surface area contributed by atoms with Gasteiger partial charge in [0, 0.05) is 10.0 Å². The molecule has 0 spiro atoms. The van der Waals surface area contributed by atoms with Gasteiger partial charge in [-0.05, 0) is 36.8 Å². The number of hydrogen-bond acceptors (Lipinski definition) is 5. The molecule has 1 aromatic heterocycles. The number of rotatable bonds is 3. The van der Waals surface area contributed by atoms with Crippen LogP contribution < -0.4 is 4.90 Å². The van der Waals surface area contributed by atoms with E-state index < -0.39 is 11.7 Å².